The van der Waals surface area contributed by atoms with Crippen LogP contribution in [-0.2, 0) is 0 Å². The SMILES string of the molecule is CN=C(N=C(C)Cl)Nc1ccc(C#N)cc1. The van der Waals surface area contributed by atoms with Crippen LogP contribution in [0.2, 0.25) is 0 Å². The molecule has 1 rings (SSSR count). The van der Waals surface area contributed by atoms with E-state index < -0.39 is 0 Å². The fourth-order valence-corrected chi connectivity index (χ4v) is 1.12. The fraction of sp³-hybridized carbons (Fsp3) is 0.182. The highest BCUT2D eigenvalue weighted by Gasteiger charge is 1.98. The molecule has 0 saturated carbocycles. The largest absolute Gasteiger partial charge is 0.324 e. The van der Waals surface area contributed by atoms with Crippen LogP contribution in [0.1, 0.15) is 12.5 Å². The second kappa shape index (κ2) is 5.89. The van der Waals surface area contributed by atoms with E-state index in [1.165, 1.54) is 0 Å². The smallest absolute Gasteiger partial charge is 0.223 e. The van der Waals surface area contributed by atoms with Gasteiger partial charge in [-0.05, 0) is 31.2 Å². The van der Waals surface area contributed by atoms with Crippen LogP contribution < -0.4 is 5.32 Å². The highest BCUT2D eigenvalue weighted by Crippen LogP contribution is 2.09. The normalized spacial score (nSPS) is 12.1. The van der Waals surface area contributed by atoms with Gasteiger partial charge in [0, 0.05) is 12.7 Å². The Hall–Kier alpha value is -1.86. The van der Waals surface area contributed by atoms with Crippen molar-refractivity contribution in [2.75, 3.05) is 12.4 Å². The van der Waals surface area contributed by atoms with E-state index in [9.17, 15) is 0 Å². The first-order chi connectivity index (χ1) is 7.65. The number of nitrogens with zero attached hydrogens (tertiary/aromatic N) is 3. The summed E-state index contributed by atoms with van der Waals surface area (Å²) in [6, 6.07) is 9.04. The van der Waals surface area contributed by atoms with Gasteiger partial charge in [-0.3, -0.25) is 4.99 Å². The van der Waals surface area contributed by atoms with E-state index in [1.807, 2.05) is 6.07 Å². The molecule has 16 heavy (non-hydrogen) atoms. The molecular formula is C11H11ClN4. The van der Waals surface area contributed by atoms with Crippen molar-refractivity contribution in [1.29, 1.82) is 5.26 Å². The van der Waals surface area contributed by atoms with Gasteiger partial charge in [-0.25, -0.2) is 4.99 Å². The molecule has 1 aromatic rings. The molecule has 0 unspecified atom stereocenters. The standard InChI is InChI=1S/C11H11ClN4/c1-8(12)15-11(14-2)16-10-5-3-9(7-13)4-6-10/h3-6H,1-2H3,(H,14,16). The number of anilines is 1. The van der Waals surface area contributed by atoms with Crippen LogP contribution in [0.4, 0.5) is 5.69 Å². The molecule has 5 heteroatoms. The molecule has 0 amide bonds. The molecule has 0 bridgehead atoms. The average molecular weight is 235 g/mol. The summed E-state index contributed by atoms with van der Waals surface area (Å²) in [5.74, 6) is 0.428. The molecule has 0 atom stereocenters. The highest BCUT2D eigenvalue weighted by molar-refractivity contribution is 6.65. The second-order valence-electron chi connectivity index (χ2n) is 2.97. The summed E-state index contributed by atoms with van der Waals surface area (Å²) >= 11 is 5.65. The molecule has 0 saturated heterocycles. The van der Waals surface area contributed by atoms with Gasteiger partial charge in [0.25, 0.3) is 0 Å². The zero-order chi connectivity index (χ0) is 12.0. The minimum Gasteiger partial charge on any atom is -0.324 e. The van der Waals surface area contributed by atoms with Crippen molar-refractivity contribution >= 4 is 28.4 Å². The first-order valence-corrected chi connectivity index (χ1v) is 4.98. The highest BCUT2D eigenvalue weighted by atomic mass is 35.5. The quantitative estimate of drug-likeness (QED) is 0.600. The third kappa shape index (κ3) is 3.71. The number of halogens is 1. The molecule has 0 fully saturated rings. The van der Waals surface area contributed by atoms with E-state index >= 15 is 0 Å². The predicted molar refractivity (Wildman–Crippen MR) is 67.1 cm³/mol. The van der Waals surface area contributed by atoms with Crippen LogP contribution in [0.3, 0.4) is 0 Å². The van der Waals surface area contributed by atoms with Gasteiger partial charge in [0.15, 0.2) is 0 Å². The molecule has 0 aliphatic carbocycles. The lowest BCUT2D eigenvalue weighted by molar-refractivity contribution is 1.37. The summed E-state index contributed by atoms with van der Waals surface area (Å²) in [7, 11) is 1.62. The van der Waals surface area contributed by atoms with Crippen molar-refractivity contribution in [2.45, 2.75) is 6.92 Å². The Bertz CT molecular complexity index is 450. The predicted octanol–water partition coefficient (Wildman–Crippen LogP) is 2.61. The first kappa shape index (κ1) is 12.2. The number of nitriles is 1. The third-order valence-corrected chi connectivity index (χ3v) is 1.83. The Morgan fingerprint density at radius 2 is 2.00 bits per heavy atom. The summed E-state index contributed by atoms with van der Waals surface area (Å²) in [5.41, 5.74) is 1.42. The van der Waals surface area contributed by atoms with E-state index in [-0.39, 0.29) is 0 Å². The molecule has 0 heterocycles. The molecule has 0 aliphatic heterocycles. The van der Waals surface area contributed by atoms with Crippen LogP contribution in [0, 0.1) is 11.3 Å². The maximum absolute atomic E-state index is 8.64. The van der Waals surface area contributed by atoms with E-state index in [1.54, 1.807) is 38.2 Å². The Balaban J connectivity index is 2.80. The van der Waals surface area contributed by atoms with Crippen molar-refractivity contribution in [2.24, 2.45) is 9.98 Å². The van der Waals surface area contributed by atoms with Gasteiger partial charge in [-0.1, -0.05) is 11.6 Å². The maximum atomic E-state index is 8.64. The Morgan fingerprint density at radius 1 is 1.38 bits per heavy atom. The lowest BCUT2D eigenvalue weighted by atomic mass is 10.2. The van der Waals surface area contributed by atoms with Gasteiger partial charge >= 0.3 is 0 Å². The summed E-state index contributed by atoms with van der Waals surface area (Å²) in [5, 5.41) is 12.0. The molecule has 0 radical (unpaired) electrons. The lowest BCUT2D eigenvalue weighted by Gasteiger charge is -2.04. The van der Waals surface area contributed by atoms with Crippen molar-refractivity contribution in [1.82, 2.24) is 0 Å². The van der Waals surface area contributed by atoms with Crippen molar-refractivity contribution in [3.63, 3.8) is 0 Å². The third-order valence-electron chi connectivity index (χ3n) is 1.74. The first-order valence-electron chi connectivity index (χ1n) is 4.60. The molecule has 4 nitrogen and oxygen atoms in total. The molecule has 1 N–H and O–H groups in total. The monoisotopic (exact) mass is 234 g/mol. The number of hydrogen-bond acceptors (Lipinski definition) is 2. The Kier molecular flexibility index (Phi) is 4.49. The molecular weight excluding hydrogens is 224 g/mol. The molecule has 82 valence electrons. The van der Waals surface area contributed by atoms with Gasteiger partial charge in [0.05, 0.1) is 11.6 Å². The van der Waals surface area contributed by atoms with Crippen molar-refractivity contribution in [3.8, 4) is 6.07 Å². The number of aliphatic imine (C=N–C) groups is 2. The Labute approximate surface area is 99.3 Å². The van der Waals surface area contributed by atoms with Crippen LogP contribution >= 0.6 is 11.6 Å². The van der Waals surface area contributed by atoms with Crippen LogP contribution in [0.25, 0.3) is 0 Å². The van der Waals surface area contributed by atoms with Crippen molar-refractivity contribution in [3.05, 3.63) is 29.8 Å². The van der Waals surface area contributed by atoms with E-state index in [0.29, 0.717) is 16.7 Å². The second-order valence-corrected chi connectivity index (χ2v) is 3.52. The number of benzene rings is 1. The van der Waals surface area contributed by atoms with Crippen molar-refractivity contribution < 1.29 is 0 Å². The van der Waals surface area contributed by atoms with Crippen LogP contribution in [0.5, 0.6) is 0 Å². The van der Waals surface area contributed by atoms with Gasteiger partial charge in [0.1, 0.15) is 5.17 Å². The van der Waals surface area contributed by atoms with Gasteiger partial charge in [-0.15, -0.1) is 0 Å². The lowest BCUT2D eigenvalue weighted by Crippen LogP contribution is -2.10. The molecule has 0 aromatic heterocycles. The summed E-state index contributed by atoms with van der Waals surface area (Å²) in [4.78, 5) is 7.92. The number of guanidine groups is 1. The van der Waals surface area contributed by atoms with Crippen LogP contribution in [0.15, 0.2) is 34.3 Å². The maximum Gasteiger partial charge on any atom is 0.223 e. The van der Waals surface area contributed by atoms with E-state index in [2.05, 4.69) is 15.3 Å². The number of hydrogen-bond donors (Lipinski definition) is 1. The van der Waals surface area contributed by atoms with Gasteiger partial charge in [0.2, 0.25) is 5.96 Å². The summed E-state index contributed by atoms with van der Waals surface area (Å²) in [6.45, 7) is 1.67. The van der Waals surface area contributed by atoms with Crippen LogP contribution in [-0.4, -0.2) is 18.2 Å². The fourth-order valence-electron chi connectivity index (χ4n) is 1.04. The molecule has 0 spiro atoms. The molecule has 1 aromatic carbocycles. The van der Waals surface area contributed by atoms with Gasteiger partial charge in [-0.2, -0.15) is 5.26 Å². The van der Waals surface area contributed by atoms with E-state index in [0.717, 1.165) is 5.69 Å². The minimum absolute atomic E-state index is 0.404. The molecule has 0 aliphatic rings. The summed E-state index contributed by atoms with van der Waals surface area (Å²) < 4.78 is 0. The number of nitrogens with one attached hydrogen (secondary N) is 1. The summed E-state index contributed by atoms with van der Waals surface area (Å²) in [6.07, 6.45) is 0. The topological polar surface area (TPSA) is 60.5 Å². The zero-order valence-electron chi connectivity index (χ0n) is 9.03. The Morgan fingerprint density at radius 3 is 2.44 bits per heavy atom. The number of rotatable bonds is 1. The average Bonchev–Trinajstić information content (AvgIpc) is 2.28. The minimum atomic E-state index is 0.404. The van der Waals surface area contributed by atoms with Gasteiger partial charge < -0.3 is 5.32 Å². The van der Waals surface area contributed by atoms with E-state index in [4.69, 9.17) is 16.9 Å². The zero-order valence-corrected chi connectivity index (χ0v) is 9.78.